The highest BCUT2D eigenvalue weighted by Crippen LogP contribution is 2.46. The summed E-state index contributed by atoms with van der Waals surface area (Å²) in [6, 6.07) is 8.59. The normalized spacial score (nSPS) is 14.9. The topological polar surface area (TPSA) is 96.9 Å². The van der Waals surface area contributed by atoms with E-state index in [1.807, 2.05) is 43.9 Å². The summed E-state index contributed by atoms with van der Waals surface area (Å²) in [5.74, 6) is 1.66. The minimum Gasteiger partial charge on any atom is -0.507 e. The number of halogens is 1. The van der Waals surface area contributed by atoms with Gasteiger partial charge in [-0.1, -0.05) is 31.5 Å². The van der Waals surface area contributed by atoms with Crippen molar-refractivity contribution in [2.45, 2.75) is 59.6 Å². The van der Waals surface area contributed by atoms with Crippen LogP contribution in [0.2, 0.25) is 5.02 Å². The largest absolute Gasteiger partial charge is 0.507 e. The van der Waals surface area contributed by atoms with Gasteiger partial charge in [-0.3, -0.25) is 9.89 Å². The van der Waals surface area contributed by atoms with Gasteiger partial charge in [0.1, 0.15) is 17.1 Å². The molecule has 210 valence electrons. The highest BCUT2D eigenvalue weighted by Gasteiger charge is 2.42. The van der Waals surface area contributed by atoms with Crippen LogP contribution in [0.25, 0.3) is 11.3 Å². The summed E-state index contributed by atoms with van der Waals surface area (Å²) in [7, 11) is 1.61. The molecule has 0 saturated heterocycles. The predicted molar refractivity (Wildman–Crippen MR) is 152 cm³/mol. The van der Waals surface area contributed by atoms with Crippen LogP contribution in [0.5, 0.6) is 17.2 Å². The van der Waals surface area contributed by atoms with Gasteiger partial charge in [0.05, 0.1) is 25.9 Å². The molecule has 0 spiro atoms. The number of hydrogen-bond acceptors (Lipinski definition) is 6. The molecule has 2 heterocycles. The van der Waals surface area contributed by atoms with Gasteiger partial charge in [-0.05, 0) is 74.9 Å². The lowest BCUT2D eigenvalue weighted by molar-refractivity contribution is 0.0601. The summed E-state index contributed by atoms with van der Waals surface area (Å²) in [6.45, 7) is 11.7. The van der Waals surface area contributed by atoms with Crippen molar-refractivity contribution < 1.29 is 24.1 Å². The fourth-order valence-corrected chi connectivity index (χ4v) is 4.93. The van der Waals surface area contributed by atoms with Crippen molar-refractivity contribution in [2.24, 2.45) is 5.92 Å². The van der Waals surface area contributed by atoms with E-state index in [1.165, 1.54) is 0 Å². The molecular formula is C30H38ClN3O5. The van der Waals surface area contributed by atoms with Gasteiger partial charge in [0.15, 0.2) is 11.5 Å². The van der Waals surface area contributed by atoms with E-state index in [1.54, 1.807) is 19.2 Å². The van der Waals surface area contributed by atoms with Gasteiger partial charge in [-0.15, -0.1) is 0 Å². The van der Waals surface area contributed by atoms with Gasteiger partial charge in [0.2, 0.25) is 0 Å². The Morgan fingerprint density at radius 2 is 1.90 bits per heavy atom. The summed E-state index contributed by atoms with van der Waals surface area (Å²) in [6.07, 6.45) is 1.71. The summed E-state index contributed by atoms with van der Waals surface area (Å²) >= 11 is 6.42. The van der Waals surface area contributed by atoms with Crippen molar-refractivity contribution in [1.82, 2.24) is 15.1 Å². The van der Waals surface area contributed by atoms with Crippen molar-refractivity contribution in [3.05, 3.63) is 57.7 Å². The van der Waals surface area contributed by atoms with Gasteiger partial charge in [0, 0.05) is 29.3 Å². The number of nitrogens with one attached hydrogen (secondary N) is 1. The Balaban J connectivity index is 1.76. The molecule has 1 atom stereocenters. The Bertz CT molecular complexity index is 1320. The zero-order valence-corrected chi connectivity index (χ0v) is 24.3. The first-order chi connectivity index (χ1) is 18.6. The average molecular weight is 556 g/mol. The van der Waals surface area contributed by atoms with E-state index in [9.17, 15) is 9.90 Å². The molecule has 0 radical (unpaired) electrons. The van der Waals surface area contributed by atoms with Gasteiger partial charge < -0.3 is 24.2 Å². The molecule has 0 aliphatic carbocycles. The predicted octanol–water partition coefficient (Wildman–Crippen LogP) is 6.54. The Kier molecular flexibility index (Phi) is 9.08. The zero-order chi connectivity index (χ0) is 28.3. The number of nitrogens with zero attached hydrogens (tertiary/aromatic N) is 2. The molecule has 1 amide bonds. The number of fused-ring (bicyclic) bond motifs is 1. The first-order valence-electron chi connectivity index (χ1n) is 13.4. The molecule has 0 saturated carbocycles. The number of hydrogen-bond donors (Lipinski definition) is 2. The number of aromatic hydroxyl groups is 1. The third-order valence-electron chi connectivity index (χ3n) is 6.85. The van der Waals surface area contributed by atoms with Crippen LogP contribution in [0.15, 0.2) is 30.3 Å². The van der Waals surface area contributed by atoms with Crippen LogP contribution in [-0.2, 0) is 4.74 Å². The number of aromatic nitrogens is 2. The summed E-state index contributed by atoms with van der Waals surface area (Å²) in [5.41, 5.74) is 3.64. The van der Waals surface area contributed by atoms with Crippen LogP contribution in [-0.4, -0.2) is 59.1 Å². The molecule has 3 aromatic rings. The Hall–Kier alpha value is -3.23. The van der Waals surface area contributed by atoms with Crippen LogP contribution in [0.4, 0.5) is 0 Å². The first kappa shape index (κ1) is 28.8. The number of phenols is 1. The molecule has 2 aromatic carbocycles. The molecule has 9 heteroatoms. The standard InChI is InChI=1S/C30H38ClN3O5/c1-17(2)10-13-39-24-9-8-20(15-25(24)37-6)29-26-27(21-16-22(31)19(5)14-23(21)35)32-33-28(26)30(36)34(29)11-7-12-38-18(3)4/h8-9,14-18,29,35H,7,10-13H2,1-6H3,(H,32,33). The monoisotopic (exact) mass is 555 g/mol. The molecule has 39 heavy (non-hydrogen) atoms. The molecular weight excluding hydrogens is 518 g/mol. The summed E-state index contributed by atoms with van der Waals surface area (Å²) < 4.78 is 17.4. The minimum absolute atomic E-state index is 0.0488. The molecule has 0 fully saturated rings. The van der Waals surface area contributed by atoms with Gasteiger partial charge in [-0.2, -0.15) is 5.10 Å². The highest BCUT2D eigenvalue weighted by molar-refractivity contribution is 6.31. The quantitative estimate of drug-likeness (QED) is 0.246. The lowest BCUT2D eigenvalue weighted by Gasteiger charge is -2.27. The Morgan fingerprint density at radius 1 is 1.13 bits per heavy atom. The number of rotatable bonds is 12. The average Bonchev–Trinajstić information content (AvgIpc) is 3.42. The number of aryl methyl sites for hydroxylation is 1. The van der Waals surface area contributed by atoms with Crippen molar-refractivity contribution in [1.29, 1.82) is 0 Å². The van der Waals surface area contributed by atoms with Crippen molar-refractivity contribution in [3.8, 4) is 28.5 Å². The summed E-state index contributed by atoms with van der Waals surface area (Å²) in [5, 5.41) is 18.7. The van der Waals surface area contributed by atoms with E-state index in [2.05, 4.69) is 24.0 Å². The first-order valence-corrected chi connectivity index (χ1v) is 13.8. The number of benzene rings is 2. The van der Waals surface area contributed by atoms with Crippen molar-refractivity contribution in [3.63, 3.8) is 0 Å². The smallest absolute Gasteiger partial charge is 0.273 e. The number of aromatic amines is 1. The second-order valence-corrected chi connectivity index (χ2v) is 11.0. The maximum absolute atomic E-state index is 13.7. The molecule has 1 unspecified atom stereocenters. The van der Waals surface area contributed by atoms with E-state index in [4.69, 9.17) is 25.8 Å². The van der Waals surface area contributed by atoms with Crippen LogP contribution >= 0.6 is 11.6 Å². The molecule has 4 rings (SSSR count). The Morgan fingerprint density at radius 3 is 2.59 bits per heavy atom. The van der Waals surface area contributed by atoms with Crippen molar-refractivity contribution in [2.75, 3.05) is 26.9 Å². The zero-order valence-electron chi connectivity index (χ0n) is 23.5. The van der Waals surface area contributed by atoms with Crippen LogP contribution < -0.4 is 9.47 Å². The molecule has 2 N–H and O–H groups in total. The molecule has 1 aliphatic heterocycles. The van der Waals surface area contributed by atoms with Crippen LogP contribution in [0, 0.1) is 12.8 Å². The van der Waals surface area contributed by atoms with E-state index >= 15 is 0 Å². The lowest BCUT2D eigenvalue weighted by Crippen LogP contribution is -2.31. The molecule has 1 aromatic heterocycles. The minimum atomic E-state index is -0.460. The van der Waals surface area contributed by atoms with E-state index in [0.717, 1.165) is 17.5 Å². The third-order valence-corrected chi connectivity index (χ3v) is 7.25. The van der Waals surface area contributed by atoms with Crippen LogP contribution in [0.1, 0.15) is 73.8 Å². The van der Waals surface area contributed by atoms with E-state index in [-0.39, 0.29) is 17.8 Å². The fraction of sp³-hybridized carbons (Fsp3) is 0.467. The highest BCUT2D eigenvalue weighted by atomic mass is 35.5. The number of carbonyl (C=O) groups excluding carboxylic acids is 1. The number of H-pyrrole nitrogens is 1. The second kappa shape index (κ2) is 12.3. The number of phenolic OH excluding ortho intramolecular Hbond substituents is 1. The van der Waals surface area contributed by atoms with Gasteiger partial charge in [-0.25, -0.2) is 0 Å². The maximum atomic E-state index is 13.7. The van der Waals surface area contributed by atoms with E-state index < -0.39 is 6.04 Å². The maximum Gasteiger partial charge on any atom is 0.273 e. The molecule has 1 aliphatic rings. The molecule has 8 nitrogen and oxygen atoms in total. The van der Waals surface area contributed by atoms with E-state index in [0.29, 0.717) is 71.1 Å². The number of amides is 1. The second-order valence-electron chi connectivity index (χ2n) is 10.6. The van der Waals surface area contributed by atoms with Gasteiger partial charge in [0.25, 0.3) is 5.91 Å². The number of carbonyl (C=O) groups is 1. The fourth-order valence-electron chi connectivity index (χ4n) is 4.77. The number of methoxy groups -OCH3 is 1. The third kappa shape index (κ3) is 6.17. The lowest BCUT2D eigenvalue weighted by atomic mass is 9.95. The SMILES string of the molecule is COc1cc(C2c3c(-c4cc(Cl)c(C)cc4O)n[nH]c3C(=O)N2CCCOC(C)C)ccc1OCCC(C)C. The summed E-state index contributed by atoms with van der Waals surface area (Å²) in [4.78, 5) is 15.5. The van der Waals surface area contributed by atoms with Gasteiger partial charge >= 0.3 is 0 Å². The van der Waals surface area contributed by atoms with Crippen LogP contribution in [0.3, 0.4) is 0 Å². The number of ether oxygens (including phenoxy) is 3. The Labute approximate surface area is 235 Å². The van der Waals surface area contributed by atoms with Crippen molar-refractivity contribution >= 4 is 17.5 Å². The molecule has 0 bridgehead atoms.